The molecule has 0 aromatic carbocycles. The minimum absolute atomic E-state index is 0.648. The molecule has 0 saturated carbocycles. The van der Waals surface area contributed by atoms with Gasteiger partial charge in [0.1, 0.15) is 0 Å². The second-order valence-corrected chi connectivity index (χ2v) is 2.88. The van der Waals surface area contributed by atoms with E-state index < -0.39 is 0 Å². The number of hydrogen-bond donors (Lipinski definition) is 1. The van der Waals surface area contributed by atoms with Crippen LogP contribution in [0.4, 0.5) is 0 Å². The quantitative estimate of drug-likeness (QED) is 0.552. The summed E-state index contributed by atoms with van der Waals surface area (Å²) in [7, 11) is 0. The first kappa shape index (κ1) is 7.69. The number of halogens is 1. The van der Waals surface area contributed by atoms with Crippen LogP contribution in [0.3, 0.4) is 0 Å². The van der Waals surface area contributed by atoms with Crippen molar-refractivity contribution in [2.24, 2.45) is 0 Å². The standard InChI is InChI=1S/C5H12IN/c1-5(2)7-4-3-6/h5,7H,3-4H2,1-2H3. The normalized spacial score (nSPS) is 10.3. The Morgan fingerprint density at radius 2 is 2.14 bits per heavy atom. The van der Waals surface area contributed by atoms with Gasteiger partial charge in [0.25, 0.3) is 0 Å². The Morgan fingerprint density at radius 1 is 1.57 bits per heavy atom. The molecule has 0 aromatic heterocycles. The van der Waals surface area contributed by atoms with E-state index in [0.717, 1.165) is 6.54 Å². The lowest BCUT2D eigenvalue weighted by Gasteiger charge is -2.03. The van der Waals surface area contributed by atoms with Crippen molar-refractivity contribution in [1.29, 1.82) is 0 Å². The molecule has 1 nitrogen and oxygen atoms in total. The Hall–Kier alpha value is 0.690. The highest BCUT2D eigenvalue weighted by atomic mass is 127. The number of hydrogen-bond acceptors (Lipinski definition) is 1. The Morgan fingerprint density at radius 3 is 2.29 bits per heavy atom. The molecule has 0 unspecified atom stereocenters. The van der Waals surface area contributed by atoms with E-state index in [1.165, 1.54) is 4.43 Å². The molecule has 0 fully saturated rings. The van der Waals surface area contributed by atoms with Crippen LogP contribution in [0, 0.1) is 0 Å². The van der Waals surface area contributed by atoms with Gasteiger partial charge in [-0.3, -0.25) is 0 Å². The van der Waals surface area contributed by atoms with E-state index >= 15 is 0 Å². The van der Waals surface area contributed by atoms with Crippen molar-refractivity contribution < 1.29 is 0 Å². The topological polar surface area (TPSA) is 12.0 Å². The molecule has 0 saturated heterocycles. The zero-order valence-electron chi connectivity index (χ0n) is 4.87. The number of rotatable bonds is 3. The fourth-order valence-electron chi connectivity index (χ4n) is 0.343. The monoisotopic (exact) mass is 213 g/mol. The summed E-state index contributed by atoms with van der Waals surface area (Å²) in [6, 6.07) is 0.648. The lowest BCUT2D eigenvalue weighted by Crippen LogP contribution is -2.24. The molecule has 0 bridgehead atoms. The molecular weight excluding hydrogens is 201 g/mol. The molecule has 0 rings (SSSR count). The summed E-state index contributed by atoms with van der Waals surface area (Å²) in [6.45, 7) is 5.46. The van der Waals surface area contributed by atoms with Gasteiger partial charge >= 0.3 is 0 Å². The first-order valence-electron chi connectivity index (χ1n) is 2.56. The Bertz CT molecular complexity index is 37.1. The van der Waals surface area contributed by atoms with Crippen molar-refractivity contribution in [2.75, 3.05) is 11.0 Å². The highest BCUT2D eigenvalue weighted by molar-refractivity contribution is 14.1. The van der Waals surface area contributed by atoms with Crippen molar-refractivity contribution in [2.45, 2.75) is 19.9 Å². The van der Waals surface area contributed by atoms with E-state index in [2.05, 4.69) is 41.8 Å². The van der Waals surface area contributed by atoms with Gasteiger partial charge in [0, 0.05) is 17.0 Å². The van der Waals surface area contributed by atoms with Gasteiger partial charge in [0.05, 0.1) is 0 Å². The molecule has 0 radical (unpaired) electrons. The van der Waals surface area contributed by atoms with Gasteiger partial charge < -0.3 is 5.32 Å². The summed E-state index contributed by atoms with van der Waals surface area (Å²) < 4.78 is 1.20. The third-order valence-corrected chi connectivity index (χ3v) is 1.19. The van der Waals surface area contributed by atoms with Gasteiger partial charge in [0.2, 0.25) is 0 Å². The third-order valence-electron chi connectivity index (χ3n) is 0.647. The Balaban J connectivity index is 2.68. The maximum Gasteiger partial charge on any atom is 0.0121 e. The first-order valence-corrected chi connectivity index (χ1v) is 4.09. The van der Waals surface area contributed by atoms with Crippen LogP contribution in [0.5, 0.6) is 0 Å². The van der Waals surface area contributed by atoms with Crippen LogP contribution in [0.25, 0.3) is 0 Å². The SMILES string of the molecule is CC(C)NCCI. The van der Waals surface area contributed by atoms with Crippen molar-refractivity contribution in [3.05, 3.63) is 0 Å². The molecule has 0 aliphatic heterocycles. The van der Waals surface area contributed by atoms with Crippen LogP contribution in [0.1, 0.15) is 13.8 Å². The fraction of sp³-hybridized carbons (Fsp3) is 1.00. The summed E-state index contributed by atoms with van der Waals surface area (Å²) in [6.07, 6.45) is 0. The molecule has 2 heteroatoms. The Kier molecular flexibility index (Phi) is 5.32. The number of alkyl halides is 1. The molecule has 0 aliphatic rings. The molecule has 7 heavy (non-hydrogen) atoms. The summed E-state index contributed by atoms with van der Waals surface area (Å²) in [4.78, 5) is 0. The van der Waals surface area contributed by atoms with E-state index in [9.17, 15) is 0 Å². The molecule has 44 valence electrons. The van der Waals surface area contributed by atoms with Crippen molar-refractivity contribution in [3.8, 4) is 0 Å². The second-order valence-electron chi connectivity index (χ2n) is 1.80. The lowest BCUT2D eigenvalue weighted by molar-refractivity contribution is 0.618. The van der Waals surface area contributed by atoms with Crippen LogP contribution in [0.15, 0.2) is 0 Å². The van der Waals surface area contributed by atoms with E-state index in [1.54, 1.807) is 0 Å². The molecule has 0 aromatic rings. The number of nitrogens with one attached hydrogen (secondary N) is 1. The van der Waals surface area contributed by atoms with Gasteiger partial charge in [-0.15, -0.1) is 0 Å². The smallest absolute Gasteiger partial charge is 0.0121 e. The molecule has 0 spiro atoms. The molecular formula is C5H12IN. The van der Waals surface area contributed by atoms with E-state index in [-0.39, 0.29) is 0 Å². The van der Waals surface area contributed by atoms with Gasteiger partial charge in [0.15, 0.2) is 0 Å². The maximum absolute atomic E-state index is 3.29. The molecule has 0 atom stereocenters. The summed E-state index contributed by atoms with van der Waals surface area (Å²) >= 11 is 2.36. The van der Waals surface area contributed by atoms with E-state index in [1.807, 2.05) is 0 Å². The summed E-state index contributed by atoms with van der Waals surface area (Å²) in [5.74, 6) is 0. The average molecular weight is 213 g/mol. The Labute approximate surface area is 59.0 Å². The second kappa shape index (κ2) is 4.84. The van der Waals surface area contributed by atoms with Gasteiger partial charge in [-0.25, -0.2) is 0 Å². The third kappa shape index (κ3) is 6.69. The molecule has 1 N–H and O–H groups in total. The van der Waals surface area contributed by atoms with Crippen molar-refractivity contribution in [1.82, 2.24) is 5.32 Å². The van der Waals surface area contributed by atoms with E-state index in [4.69, 9.17) is 0 Å². The maximum atomic E-state index is 3.29. The zero-order chi connectivity index (χ0) is 5.70. The predicted octanol–water partition coefficient (Wildman–Crippen LogP) is 1.42. The fourth-order valence-corrected chi connectivity index (χ4v) is 0.655. The highest BCUT2D eigenvalue weighted by Gasteiger charge is 1.86. The van der Waals surface area contributed by atoms with Crippen molar-refractivity contribution in [3.63, 3.8) is 0 Å². The zero-order valence-corrected chi connectivity index (χ0v) is 7.03. The summed E-state index contributed by atoms with van der Waals surface area (Å²) in [5.41, 5.74) is 0. The molecule has 0 amide bonds. The van der Waals surface area contributed by atoms with Crippen molar-refractivity contribution >= 4 is 22.6 Å². The van der Waals surface area contributed by atoms with Gasteiger partial charge in [-0.05, 0) is 0 Å². The highest BCUT2D eigenvalue weighted by Crippen LogP contribution is 1.79. The largest absolute Gasteiger partial charge is 0.314 e. The minimum atomic E-state index is 0.648. The minimum Gasteiger partial charge on any atom is -0.314 e. The van der Waals surface area contributed by atoms with Crippen LogP contribution in [-0.2, 0) is 0 Å². The lowest BCUT2D eigenvalue weighted by atomic mass is 10.4. The van der Waals surface area contributed by atoms with Crippen LogP contribution in [-0.4, -0.2) is 17.0 Å². The van der Waals surface area contributed by atoms with Gasteiger partial charge in [-0.2, -0.15) is 0 Å². The van der Waals surface area contributed by atoms with Crippen LogP contribution >= 0.6 is 22.6 Å². The molecule has 0 aliphatic carbocycles. The average Bonchev–Trinajstić information content (AvgIpc) is 1.61. The molecule has 0 heterocycles. The van der Waals surface area contributed by atoms with Crippen LogP contribution in [0.2, 0.25) is 0 Å². The van der Waals surface area contributed by atoms with Crippen LogP contribution < -0.4 is 5.32 Å². The van der Waals surface area contributed by atoms with E-state index in [0.29, 0.717) is 6.04 Å². The predicted molar refractivity (Wildman–Crippen MR) is 42.0 cm³/mol. The summed E-state index contributed by atoms with van der Waals surface area (Å²) in [5, 5.41) is 3.29. The first-order chi connectivity index (χ1) is 3.27. The van der Waals surface area contributed by atoms with Gasteiger partial charge in [-0.1, -0.05) is 36.4 Å².